The molecule has 0 amide bonds. The van der Waals surface area contributed by atoms with Gasteiger partial charge in [0, 0.05) is 22.9 Å². The maximum Gasteiger partial charge on any atom is 0.131 e. The van der Waals surface area contributed by atoms with Crippen molar-refractivity contribution in [2.24, 2.45) is 0 Å². The molecule has 0 radical (unpaired) electrons. The zero-order valence-corrected chi connectivity index (χ0v) is 17.4. The van der Waals surface area contributed by atoms with E-state index in [0.29, 0.717) is 5.56 Å². The molecule has 0 saturated carbocycles. The molecule has 1 aromatic heterocycles. The van der Waals surface area contributed by atoms with Crippen LogP contribution >= 0.6 is 0 Å². The molecule has 2 aromatic carbocycles. The van der Waals surface area contributed by atoms with E-state index in [9.17, 15) is 9.50 Å². The van der Waals surface area contributed by atoms with Crippen molar-refractivity contribution in [3.8, 4) is 22.4 Å². The zero-order valence-electron chi connectivity index (χ0n) is 17.4. The first-order valence-electron chi connectivity index (χ1n) is 10.4. The molecule has 3 rings (SSSR count). The van der Waals surface area contributed by atoms with E-state index in [2.05, 4.69) is 35.8 Å². The number of pyridine rings is 1. The summed E-state index contributed by atoms with van der Waals surface area (Å²) in [6, 6.07) is 17.5. The molecule has 0 fully saturated rings. The number of benzene rings is 2. The van der Waals surface area contributed by atoms with Crippen LogP contribution in [0.25, 0.3) is 28.5 Å². The topological polar surface area (TPSA) is 33.1 Å². The third-order valence-corrected chi connectivity index (χ3v) is 5.02. The Bertz CT molecular complexity index is 988. The Labute approximate surface area is 178 Å². The number of rotatable bonds is 9. The van der Waals surface area contributed by atoms with Gasteiger partial charge in [0.2, 0.25) is 0 Å². The van der Waals surface area contributed by atoms with E-state index in [0.717, 1.165) is 48.1 Å². The van der Waals surface area contributed by atoms with Gasteiger partial charge in [-0.05, 0) is 55.9 Å². The van der Waals surface area contributed by atoms with Gasteiger partial charge in [0.05, 0.1) is 11.8 Å². The summed E-state index contributed by atoms with van der Waals surface area (Å²) in [6.45, 7) is 5.54. The fourth-order valence-electron chi connectivity index (χ4n) is 3.30. The molecule has 0 aliphatic heterocycles. The molecular formula is C27H28FNO. The Kier molecular flexibility index (Phi) is 7.69. The van der Waals surface area contributed by atoms with Gasteiger partial charge in [0.1, 0.15) is 5.82 Å². The SMILES string of the molecule is C=CCc1ccc(-c2ccc(-c3ccc(/C=C/CCCC(C)O)c(F)c3)cn2)cc1. The van der Waals surface area contributed by atoms with Crippen LogP contribution in [0.4, 0.5) is 4.39 Å². The van der Waals surface area contributed by atoms with Crippen molar-refractivity contribution in [3.05, 3.63) is 96.5 Å². The third-order valence-electron chi connectivity index (χ3n) is 5.02. The van der Waals surface area contributed by atoms with Gasteiger partial charge in [-0.1, -0.05) is 60.7 Å². The Morgan fingerprint density at radius 2 is 1.77 bits per heavy atom. The first-order chi connectivity index (χ1) is 14.6. The number of aromatic nitrogens is 1. The van der Waals surface area contributed by atoms with Crippen molar-refractivity contribution in [3.63, 3.8) is 0 Å². The molecule has 2 nitrogen and oxygen atoms in total. The van der Waals surface area contributed by atoms with Crippen molar-refractivity contribution in [1.82, 2.24) is 4.98 Å². The first kappa shape index (κ1) is 21.7. The minimum atomic E-state index is -0.286. The number of halogens is 1. The summed E-state index contributed by atoms with van der Waals surface area (Å²) in [6.07, 6.45) is 10.5. The smallest absolute Gasteiger partial charge is 0.131 e. The highest BCUT2D eigenvalue weighted by atomic mass is 19.1. The second-order valence-corrected chi connectivity index (χ2v) is 7.54. The second-order valence-electron chi connectivity index (χ2n) is 7.54. The van der Waals surface area contributed by atoms with Gasteiger partial charge < -0.3 is 5.11 Å². The van der Waals surface area contributed by atoms with Crippen molar-refractivity contribution in [2.75, 3.05) is 0 Å². The maximum absolute atomic E-state index is 14.5. The molecule has 1 unspecified atom stereocenters. The lowest BCUT2D eigenvalue weighted by Crippen LogP contribution is -1.97. The van der Waals surface area contributed by atoms with Crippen LogP contribution in [-0.2, 0) is 6.42 Å². The van der Waals surface area contributed by atoms with E-state index in [1.165, 1.54) is 5.56 Å². The summed E-state index contributed by atoms with van der Waals surface area (Å²) < 4.78 is 14.5. The maximum atomic E-state index is 14.5. The minimum Gasteiger partial charge on any atom is -0.393 e. The third kappa shape index (κ3) is 5.98. The summed E-state index contributed by atoms with van der Waals surface area (Å²) in [5.41, 5.74) is 5.42. The normalized spacial score (nSPS) is 12.2. The second kappa shape index (κ2) is 10.7. The van der Waals surface area contributed by atoms with Crippen LogP contribution in [0.2, 0.25) is 0 Å². The molecule has 1 heterocycles. The van der Waals surface area contributed by atoms with Crippen LogP contribution in [0.5, 0.6) is 0 Å². The zero-order chi connectivity index (χ0) is 21.3. The summed E-state index contributed by atoms with van der Waals surface area (Å²) in [4.78, 5) is 4.56. The molecule has 0 bridgehead atoms. The highest BCUT2D eigenvalue weighted by Gasteiger charge is 2.05. The van der Waals surface area contributed by atoms with E-state index in [1.807, 2.05) is 30.4 Å². The Morgan fingerprint density at radius 3 is 2.40 bits per heavy atom. The predicted molar refractivity (Wildman–Crippen MR) is 124 cm³/mol. The van der Waals surface area contributed by atoms with Crippen LogP contribution in [-0.4, -0.2) is 16.2 Å². The van der Waals surface area contributed by atoms with Gasteiger partial charge in [-0.3, -0.25) is 4.98 Å². The summed E-state index contributed by atoms with van der Waals surface area (Å²) in [5.74, 6) is -0.249. The van der Waals surface area contributed by atoms with Crippen LogP contribution in [0.1, 0.15) is 37.3 Å². The molecule has 1 atom stereocenters. The van der Waals surface area contributed by atoms with Crippen LogP contribution in [0.3, 0.4) is 0 Å². The van der Waals surface area contributed by atoms with Crippen LogP contribution in [0.15, 0.2) is 79.5 Å². The Morgan fingerprint density at radius 1 is 1.03 bits per heavy atom. The molecule has 3 aromatic rings. The first-order valence-corrected chi connectivity index (χ1v) is 10.4. The molecule has 0 saturated heterocycles. The van der Waals surface area contributed by atoms with Crippen LogP contribution < -0.4 is 0 Å². The lowest BCUT2D eigenvalue weighted by Gasteiger charge is -2.06. The van der Waals surface area contributed by atoms with Gasteiger partial charge in [0.15, 0.2) is 0 Å². The van der Waals surface area contributed by atoms with E-state index in [1.54, 1.807) is 31.3 Å². The van der Waals surface area contributed by atoms with Gasteiger partial charge in [0.25, 0.3) is 0 Å². The molecule has 0 aliphatic rings. The largest absolute Gasteiger partial charge is 0.393 e. The van der Waals surface area contributed by atoms with Gasteiger partial charge in [-0.15, -0.1) is 6.58 Å². The van der Waals surface area contributed by atoms with E-state index < -0.39 is 0 Å². The number of allylic oxidation sites excluding steroid dienone is 2. The highest BCUT2D eigenvalue weighted by molar-refractivity contribution is 5.68. The van der Waals surface area contributed by atoms with Crippen LogP contribution in [0, 0.1) is 5.82 Å². The highest BCUT2D eigenvalue weighted by Crippen LogP contribution is 2.25. The fourth-order valence-corrected chi connectivity index (χ4v) is 3.30. The van der Waals surface area contributed by atoms with Crippen molar-refractivity contribution in [2.45, 2.75) is 38.7 Å². The van der Waals surface area contributed by atoms with Crippen molar-refractivity contribution < 1.29 is 9.50 Å². The van der Waals surface area contributed by atoms with E-state index in [-0.39, 0.29) is 11.9 Å². The van der Waals surface area contributed by atoms with Gasteiger partial charge >= 0.3 is 0 Å². The van der Waals surface area contributed by atoms with Crippen molar-refractivity contribution in [1.29, 1.82) is 0 Å². The molecule has 3 heteroatoms. The predicted octanol–water partition coefficient (Wildman–Crippen LogP) is 6.85. The summed E-state index contributed by atoms with van der Waals surface area (Å²) in [5, 5.41) is 9.27. The molecule has 30 heavy (non-hydrogen) atoms. The Balaban J connectivity index is 1.68. The molecular weight excluding hydrogens is 373 g/mol. The number of hydrogen-bond acceptors (Lipinski definition) is 2. The quantitative estimate of drug-likeness (QED) is 0.314. The molecule has 0 spiro atoms. The monoisotopic (exact) mass is 401 g/mol. The van der Waals surface area contributed by atoms with Crippen molar-refractivity contribution >= 4 is 6.08 Å². The standard InChI is InChI=1S/C27H28FNO/c1-3-7-21-10-12-23(13-11-21)27-17-16-25(19-29-27)24-15-14-22(26(28)18-24)9-6-4-5-8-20(2)30/h3,6,9-20,30H,1,4-5,7-8H2,2H3/b9-6+. The van der Waals surface area contributed by atoms with E-state index in [4.69, 9.17) is 0 Å². The summed E-state index contributed by atoms with van der Waals surface area (Å²) in [7, 11) is 0. The average molecular weight is 402 g/mol. The number of hydrogen-bond donors (Lipinski definition) is 1. The fraction of sp³-hybridized carbons (Fsp3) is 0.222. The van der Waals surface area contributed by atoms with E-state index >= 15 is 0 Å². The molecule has 1 N–H and O–H groups in total. The number of nitrogens with zero attached hydrogens (tertiary/aromatic N) is 1. The molecule has 154 valence electrons. The lowest BCUT2D eigenvalue weighted by molar-refractivity contribution is 0.182. The van der Waals surface area contributed by atoms with Gasteiger partial charge in [-0.25, -0.2) is 4.39 Å². The molecule has 0 aliphatic carbocycles. The number of unbranched alkanes of at least 4 members (excludes halogenated alkanes) is 1. The number of aliphatic hydroxyl groups is 1. The minimum absolute atomic E-state index is 0.249. The van der Waals surface area contributed by atoms with Gasteiger partial charge in [-0.2, -0.15) is 0 Å². The average Bonchev–Trinajstić information content (AvgIpc) is 2.75. The Hall–Kier alpha value is -3.04. The lowest BCUT2D eigenvalue weighted by atomic mass is 10.0. The summed E-state index contributed by atoms with van der Waals surface area (Å²) >= 11 is 0. The number of aliphatic hydroxyl groups excluding tert-OH is 1.